The Morgan fingerprint density at radius 1 is 0.688 bits per heavy atom. The van der Waals surface area contributed by atoms with E-state index in [1.54, 1.807) is 0 Å². The van der Waals surface area contributed by atoms with Crippen LogP contribution in [0.5, 0.6) is 0 Å². The Morgan fingerprint density at radius 2 is 1.22 bits per heavy atom. The van der Waals surface area contributed by atoms with E-state index in [-0.39, 0.29) is 6.10 Å². The van der Waals surface area contributed by atoms with E-state index < -0.39 is 0 Å². The fraction of sp³-hybridized carbons (Fsp3) is 0.867. The first-order valence-corrected chi connectivity index (χ1v) is 13.6. The Balaban J connectivity index is -0.00000198. The van der Waals surface area contributed by atoms with Crippen molar-refractivity contribution in [1.29, 1.82) is 0 Å². The molecule has 2 nitrogen and oxygen atoms in total. The Bertz CT molecular complexity index is 381. The maximum absolute atomic E-state index is 9.77. The van der Waals surface area contributed by atoms with Crippen molar-refractivity contribution in [2.24, 2.45) is 16.7 Å². The summed E-state index contributed by atoms with van der Waals surface area (Å²) in [6, 6.07) is 0. The molecule has 0 spiro atoms. The summed E-state index contributed by atoms with van der Waals surface area (Å²) in [5.41, 5.74) is 0.784. The van der Waals surface area contributed by atoms with Gasteiger partial charge in [0.05, 0.1) is 6.10 Å². The minimum absolute atomic E-state index is 0.0985. The van der Waals surface area contributed by atoms with Crippen LogP contribution in [0.15, 0.2) is 26.3 Å². The van der Waals surface area contributed by atoms with E-state index in [4.69, 9.17) is 0 Å². The van der Waals surface area contributed by atoms with E-state index in [0.717, 1.165) is 25.2 Å². The third kappa shape index (κ3) is 17.0. The maximum atomic E-state index is 9.77. The standard InChI is InChI=1S/C26H54O2.2C2H4/c1-7-11-18-25(5,21-22-27)19-14-15-20-26(6,10-4)23(8-2)16-12-13-17-24(28)9-3;2*1-2/h23-24,27-28H,7-22H2,1-6H3;2*1-2H2. The number of aliphatic hydroxyl groups is 2. The SMILES string of the molecule is C=C.C=C.CCCCC(C)(CCO)CCCCC(C)(CC)C(CC)CCCCC(O)CC. The lowest BCUT2D eigenvalue weighted by Gasteiger charge is -2.38. The van der Waals surface area contributed by atoms with Gasteiger partial charge in [-0.1, -0.05) is 92.9 Å². The highest BCUT2D eigenvalue weighted by Crippen LogP contribution is 2.42. The van der Waals surface area contributed by atoms with E-state index in [0.29, 0.717) is 17.4 Å². The smallest absolute Gasteiger partial charge is 0.0537 e. The zero-order valence-corrected chi connectivity index (χ0v) is 23.2. The van der Waals surface area contributed by atoms with Gasteiger partial charge >= 0.3 is 0 Å². The van der Waals surface area contributed by atoms with Crippen molar-refractivity contribution < 1.29 is 10.2 Å². The molecule has 0 saturated heterocycles. The van der Waals surface area contributed by atoms with Gasteiger partial charge in [0.2, 0.25) is 0 Å². The molecule has 0 aliphatic rings. The van der Waals surface area contributed by atoms with Gasteiger partial charge in [-0.3, -0.25) is 0 Å². The first-order chi connectivity index (χ1) is 15.3. The fourth-order valence-electron chi connectivity index (χ4n) is 5.02. The Labute approximate surface area is 204 Å². The predicted molar refractivity (Wildman–Crippen MR) is 147 cm³/mol. The summed E-state index contributed by atoms with van der Waals surface area (Å²) < 4.78 is 0. The molecule has 2 heteroatoms. The Hall–Kier alpha value is -0.600. The van der Waals surface area contributed by atoms with Gasteiger partial charge in [-0.25, -0.2) is 0 Å². The van der Waals surface area contributed by atoms with Crippen molar-refractivity contribution >= 4 is 0 Å². The van der Waals surface area contributed by atoms with Crippen molar-refractivity contribution in [3.63, 3.8) is 0 Å². The quantitative estimate of drug-likeness (QED) is 0.151. The molecule has 0 aliphatic carbocycles. The molecule has 0 heterocycles. The van der Waals surface area contributed by atoms with Gasteiger partial charge in [0.1, 0.15) is 0 Å². The molecule has 4 unspecified atom stereocenters. The molecule has 194 valence electrons. The van der Waals surface area contributed by atoms with Crippen LogP contribution in [-0.4, -0.2) is 22.9 Å². The zero-order chi connectivity index (χ0) is 25.5. The van der Waals surface area contributed by atoms with E-state index in [1.807, 2.05) is 0 Å². The summed E-state index contributed by atoms with van der Waals surface area (Å²) in [7, 11) is 0. The summed E-state index contributed by atoms with van der Waals surface area (Å²) in [5, 5.41) is 19.2. The lowest BCUT2D eigenvalue weighted by molar-refractivity contribution is 0.124. The summed E-state index contributed by atoms with van der Waals surface area (Å²) in [4.78, 5) is 0. The molecule has 0 aromatic rings. The molecule has 2 N–H and O–H groups in total. The third-order valence-electron chi connectivity index (χ3n) is 7.72. The maximum Gasteiger partial charge on any atom is 0.0537 e. The van der Waals surface area contributed by atoms with Crippen molar-refractivity contribution in [3.8, 4) is 0 Å². The molecular weight excluding hydrogens is 392 g/mol. The van der Waals surface area contributed by atoms with Crippen LogP contribution >= 0.6 is 0 Å². The summed E-state index contributed by atoms with van der Waals surface area (Å²) >= 11 is 0. The normalized spacial score (nSPS) is 16.4. The highest BCUT2D eigenvalue weighted by molar-refractivity contribution is 4.82. The first kappa shape index (κ1) is 36.0. The van der Waals surface area contributed by atoms with Gasteiger partial charge in [-0.2, -0.15) is 0 Å². The van der Waals surface area contributed by atoms with Crippen molar-refractivity contribution in [2.45, 2.75) is 144 Å². The number of unbranched alkanes of at least 4 members (excludes halogenated alkanes) is 3. The molecule has 32 heavy (non-hydrogen) atoms. The lowest BCUT2D eigenvalue weighted by Crippen LogP contribution is -2.27. The van der Waals surface area contributed by atoms with Crippen LogP contribution in [0.3, 0.4) is 0 Å². The second-order valence-corrected chi connectivity index (χ2v) is 10.1. The molecule has 0 radical (unpaired) electrons. The van der Waals surface area contributed by atoms with Gasteiger partial charge in [0.15, 0.2) is 0 Å². The van der Waals surface area contributed by atoms with Crippen molar-refractivity contribution in [2.75, 3.05) is 6.61 Å². The van der Waals surface area contributed by atoms with E-state index in [9.17, 15) is 10.2 Å². The topological polar surface area (TPSA) is 40.5 Å². The Morgan fingerprint density at radius 3 is 1.69 bits per heavy atom. The molecule has 0 bridgehead atoms. The monoisotopic (exact) mass is 454 g/mol. The van der Waals surface area contributed by atoms with Gasteiger partial charge in [-0.15, -0.1) is 26.3 Å². The average molecular weight is 455 g/mol. The second-order valence-electron chi connectivity index (χ2n) is 10.1. The molecule has 4 atom stereocenters. The molecule has 0 amide bonds. The molecule has 0 saturated carbocycles. The summed E-state index contributed by atoms with van der Waals surface area (Å²) in [5.74, 6) is 0.806. The van der Waals surface area contributed by atoms with Crippen LogP contribution in [0.2, 0.25) is 0 Å². The largest absolute Gasteiger partial charge is 0.396 e. The van der Waals surface area contributed by atoms with E-state index >= 15 is 0 Å². The van der Waals surface area contributed by atoms with Gasteiger partial charge in [-0.05, 0) is 61.7 Å². The van der Waals surface area contributed by atoms with E-state index in [1.165, 1.54) is 77.0 Å². The zero-order valence-electron chi connectivity index (χ0n) is 23.2. The van der Waals surface area contributed by atoms with Crippen LogP contribution < -0.4 is 0 Å². The van der Waals surface area contributed by atoms with Gasteiger partial charge in [0.25, 0.3) is 0 Å². The fourth-order valence-corrected chi connectivity index (χ4v) is 5.02. The van der Waals surface area contributed by atoms with Crippen molar-refractivity contribution in [1.82, 2.24) is 0 Å². The van der Waals surface area contributed by atoms with Crippen LogP contribution in [0.25, 0.3) is 0 Å². The van der Waals surface area contributed by atoms with Crippen LogP contribution in [0.4, 0.5) is 0 Å². The van der Waals surface area contributed by atoms with Crippen LogP contribution in [0, 0.1) is 16.7 Å². The van der Waals surface area contributed by atoms with Gasteiger partial charge < -0.3 is 10.2 Å². The molecule has 0 aliphatic heterocycles. The van der Waals surface area contributed by atoms with Crippen LogP contribution in [-0.2, 0) is 0 Å². The van der Waals surface area contributed by atoms with Crippen LogP contribution in [0.1, 0.15) is 138 Å². The highest BCUT2D eigenvalue weighted by Gasteiger charge is 2.31. The predicted octanol–water partition coefficient (Wildman–Crippen LogP) is 9.50. The minimum atomic E-state index is -0.0985. The number of aliphatic hydroxyl groups excluding tert-OH is 2. The molecule has 0 fully saturated rings. The molecule has 0 aromatic carbocycles. The summed E-state index contributed by atoms with van der Waals surface area (Å²) in [6.45, 7) is 26.3. The van der Waals surface area contributed by atoms with Crippen molar-refractivity contribution in [3.05, 3.63) is 26.3 Å². The lowest BCUT2D eigenvalue weighted by atomic mass is 9.68. The second kappa shape index (κ2) is 23.6. The number of hydrogen-bond donors (Lipinski definition) is 2. The van der Waals surface area contributed by atoms with E-state index in [2.05, 4.69) is 67.9 Å². The highest BCUT2D eigenvalue weighted by atomic mass is 16.3. The molecule has 0 aromatic heterocycles. The third-order valence-corrected chi connectivity index (χ3v) is 7.72. The number of hydrogen-bond acceptors (Lipinski definition) is 2. The average Bonchev–Trinajstić information content (AvgIpc) is 2.83. The minimum Gasteiger partial charge on any atom is -0.396 e. The molecule has 0 rings (SSSR count). The number of rotatable bonds is 19. The van der Waals surface area contributed by atoms with Gasteiger partial charge in [0, 0.05) is 6.61 Å². The first-order valence-electron chi connectivity index (χ1n) is 13.6. The molecular formula is C30H62O2. The Kier molecular flexibility index (Phi) is 26.5. The summed E-state index contributed by atoms with van der Waals surface area (Å²) in [6.07, 6.45) is 18.0.